The van der Waals surface area contributed by atoms with E-state index >= 15 is 0 Å². The molecule has 0 radical (unpaired) electrons. The molecule has 6 heteroatoms. The first-order valence-electron chi connectivity index (χ1n) is 5.55. The predicted octanol–water partition coefficient (Wildman–Crippen LogP) is 2.03. The van der Waals surface area contributed by atoms with Crippen molar-refractivity contribution in [2.75, 3.05) is 5.75 Å². The second-order valence-corrected chi connectivity index (χ2v) is 5.66. The smallest absolute Gasteiger partial charge is 0.188 e. The van der Waals surface area contributed by atoms with Crippen LogP contribution in [-0.2, 0) is 10.8 Å². The number of pyridine rings is 1. The maximum atomic E-state index is 12.0. The molecule has 0 saturated heterocycles. The first kappa shape index (κ1) is 14.3. The van der Waals surface area contributed by atoms with Crippen LogP contribution in [0, 0.1) is 11.3 Å². The lowest BCUT2D eigenvalue weighted by molar-refractivity contribution is 0.320. The molecular formula is C12H15N3O2S. The molecule has 0 aromatic carbocycles. The quantitative estimate of drug-likeness (QED) is 0.512. The fourth-order valence-corrected chi connectivity index (χ4v) is 2.59. The number of aromatic nitrogens is 1. The predicted molar refractivity (Wildman–Crippen MR) is 69.2 cm³/mol. The Morgan fingerprint density at radius 2 is 2.33 bits per heavy atom. The Balaban J connectivity index is 3.40. The number of hydrogen-bond acceptors (Lipinski definition) is 5. The summed E-state index contributed by atoms with van der Waals surface area (Å²) in [4.78, 5) is 4.83. The minimum absolute atomic E-state index is 0.132. The molecule has 1 N–H and O–H groups in total. The third-order valence-electron chi connectivity index (χ3n) is 2.42. The zero-order valence-corrected chi connectivity index (χ0v) is 11.4. The molecule has 0 bridgehead atoms. The molecule has 1 unspecified atom stereocenters. The molecule has 1 atom stereocenters. The first-order chi connectivity index (χ1) is 8.54. The highest BCUT2D eigenvalue weighted by atomic mass is 32.2. The van der Waals surface area contributed by atoms with Crippen molar-refractivity contribution in [3.63, 3.8) is 0 Å². The Bertz CT molecular complexity index is 533. The summed E-state index contributed by atoms with van der Waals surface area (Å²) in [5, 5.41) is 20.4. The van der Waals surface area contributed by atoms with Crippen LogP contribution in [-0.4, -0.2) is 25.9 Å². The molecule has 1 heterocycles. The van der Waals surface area contributed by atoms with Gasteiger partial charge >= 0.3 is 0 Å². The molecule has 0 saturated carbocycles. The molecule has 0 fully saturated rings. The zero-order chi connectivity index (χ0) is 13.7. The van der Waals surface area contributed by atoms with Gasteiger partial charge in [-0.25, -0.2) is 0 Å². The van der Waals surface area contributed by atoms with Crippen molar-refractivity contribution in [3.05, 3.63) is 23.5 Å². The van der Waals surface area contributed by atoms with Crippen LogP contribution in [0.25, 0.3) is 0 Å². The van der Waals surface area contributed by atoms with Gasteiger partial charge in [0.1, 0.15) is 6.07 Å². The van der Waals surface area contributed by atoms with Gasteiger partial charge in [-0.1, -0.05) is 25.9 Å². The molecule has 1 rings (SSSR count). The van der Waals surface area contributed by atoms with Gasteiger partial charge in [-0.15, -0.1) is 0 Å². The summed E-state index contributed by atoms with van der Waals surface area (Å²) in [5.74, 6) is 0.615. The number of hydrogen-bond donors (Lipinski definition) is 1. The van der Waals surface area contributed by atoms with Crippen LogP contribution < -0.4 is 0 Å². The Morgan fingerprint density at radius 1 is 1.67 bits per heavy atom. The van der Waals surface area contributed by atoms with E-state index in [9.17, 15) is 4.21 Å². The van der Waals surface area contributed by atoms with E-state index in [1.165, 1.54) is 6.20 Å². The average molecular weight is 265 g/mol. The van der Waals surface area contributed by atoms with Gasteiger partial charge in [0.2, 0.25) is 0 Å². The van der Waals surface area contributed by atoms with Crippen LogP contribution in [0.1, 0.15) is 37.9 Å². The Hall–Kier alpha value is -1.74. The standard InChI is InChI=1S/C12H15N3O2S/c1-4-18(17)11-5-9(10(6-13)15-16)7-14-12(11)8(2)3/h5,7-8,16H,4H2,1-3H3/b15-10+. The van der Waals surface area contributed by atoms with Gasteiger partial charge in [-0.2, -0.15) is 5.26 Å². The SMILES string of the molecule is CCS(=O)c1cc(/C(C#N)=N/O)cnc1C(C)C. The second-order valence-electron chi connectivity index (χ2n) is 3.96. The summed E-state index contributed by atoms with van der Waals surface area (Å²) >= 11 is 0. The summed E-state index contributed by atoms with van der Waals surface area (Å²) in [5.41, 5.74) is 0.988. The first-order valence-corrected chi connectivity index (χ1v) is 6.87. The fraction of sp³-hybridized carbons (Fsp3) is 0.417. The Labute approximate surface area is 109 Å². The normalized spacial score (nSPS) is 13.4. The van der Waals surface area contributed by atoms with Crippen molar-refractivity contribution in [1.82, 2.24) is 4.98 Å². The van der Waals surface area contributed by atoms with Crippen molar-refractivity contribution < 1.29 is 9.42 Å². The van der Waals surface area contributed by atoms with E-state index in [0.29, 0.717) is 16.2 Å². The van der Waals surface area contributed by atoms with Crippen LogP contribution in [0.3, 0.4) is 0 Å². The lowest BCUT2D eigenvalue weighted by Crippen LogP contribution is -2.08. The van der Waals surface area contributed by atoms with E-state index in [2.05, 4.69) is 10.1 Å². The number of oxime groups is 1. The van der Waals surface area contributed by atoms with Gasteiger partial charge in [-0.3, -0.25) is 9.19 Å². The molecule has 96 valence electrons. The van der Waals surface area contributed by atoms with Crippen LogP contribution in [0.4, 0.5) is 0 Å². The number of nitriles is 1. The van der Waals surface area contributed by atoms with Crippen LogP contribution >= 0.6 is 0 Å². The van der Waals surface area contributed by atoms with E-state index in [0.717, 1.165) is 5.69 Å². The summed E-state index contributed by atoms with van der Waals surface area (Å²) in [6.45, 7) is 5.74. The third-order valence-corrected chi connectivity index (χ3v) is 3.76. The summed E-state index contributed by atoms with van der Waals surface area (Å²) in [6.07, 6.45) is 1.46. The molecule has 5 nitrogen and oxygen atoms in total. The van der Waals surface area contributed by atoms with Gasteiger partial charge in [0, 0.05) is 17.5 Å². The average Bonchev–Trinajstić information content (AvgIpc) is 2.38. The minimum atomic E-state index is -1.16. The molecule has 0 spiro atoms. The van der Waals surface area contributed by atoms with Gasteiger partial charge in [0.25, 0.3) is 0 Å². The Morgan fingerprint density at radius 3 is 2.78 bits per heavy atom. The number of nitrogens with zero attached hydrogens (tertiary/aromatic N) is 3. The topological polar surface area (TPSA) is 86.3 Å². The van der Waals surface area contributed by atoms with Crippen molar-refractivity contribution in [3.8, 4) is 6.07 Å². The van der Waals surface area contributed by atoms with Crippen molar-refractivity contribution in [1.29, 1.82) is 5.26 Å². The number of rotatable bonds is 4. The van der Waals surface area contributed by atoms with Gasteiger partial charge < -0.3 is 5.21 Å². The summed E-state index contributed by atoms with van der Waals surface area (Å²) in [6, 6.07) is 3.37. The van der Waals surface area contributed by atoms with Gasteiger partial charge in [0.05, 0.1) is 21.4 Å². The second kappa shape index (κ2) is 6.26. The molecule has 0 aliphatic heterocycles. The van der Waals surface area contributed by atoms with E-state index in [-0.39, 0.29) is 11.6 Å². The van der Waals surface area contributed by atoms with Crippen molar-refractivity contribution in [2.24, 2.45) is 5.16 Å². The fourth-order valence-electron chi connectivity index (χ4n) is 1.50. The molecule has 0 aliphatic carbocycles. The van der Waals surface area contributed by atoms with Gasteiger partial charge in [-0.05, 0) is 12.0 Å². The Kier molecular flexibility index (Phi) is 4.98. The molecule has 18 heavy (non-hydrogen) atoms. The zero-order valence-electron chi connectivity index (χ0n) is 10.5. The lowest BCUT2D eigenvalue weighted by atomic mass is 10.1. The summed E-state index contributed by atoms with van der Waals surface area (Å²) in [7, 11) is -1.16. The summed E-state index contributed by atoms with van der Waals surface area (Å²) < 4.78 is 12.0. The molecule has 1 aromatic rings. The highest BCUT2D eigenvalue weighted by Crippen LogP contribution is 2.21. The molecule has 1 aromatic heterocycles. The highest BCUT2D eigenvalue weighted by Gasteiger charge is 2.16. The van der Waals surface area contributed by atoms with Crippen molar-refractivity contribution in [2.45, 2.75) is 31.6 Å². The van der Waals surface area contributed by atoms with E-state index in [4.69, 9.17) is 10.5 Å². The van der Waals surface area contributed by atoms with Crippen LogP contribution in [0.2, 0.25) is 0 Å². The minimum Gasteiger partial charge on any atom is -0.410 e. The van der Waals surface area contributed by atoms with Gasteiger partial charge in [0.15, 0.2) is 5.71 Å². The van der Waals surface area contributed by atoms with Crippen LogP contribution in [0.15, 0.2) is 22.3 Å². The van der Waals surface area contributed by atoms with E-state index in [1.807, 2.05) is 20.8 Å². The highest BCUT2D eigenvalue weighted by molar-refractivity contribution is 7.85. The van der Waals surface area contributed by atoms with E-state index in [1.54, 1.807) is 12.1 Å². The lowest BCUT2D eigenvalue weighted by Gasteiger charge is -2.11. The molecule has 0 amide bonds. The maximum absolute atomic E-state index is 12.0. The molecular weight excluding hydrogens is 250 g/mol. The molecule has 0 aliphatic rings. The van der Waals surface area contributed by atoms with Crippen LogP contribution in [0.5, 0.6) is 0 Å². The van der Waals surface area contributed by atoms with E-state index < -0.39 is 10.8 Å². The monoisotopic (exact) mass is 265 g/mol. The maximum Gasteiger partial charge on any atom is 0.188 e. The largest absolute Gasteiger partial charge is 0.410 e. The van der Waals surface area contributed by atoms with Crippen molar-refractivity contribution >= 4 is 16.5 Å². The third kappa shape index (κ3) is 2.93.